The van der Waals surface area contributed by atoms with E-state index in [9.17, 15) is 4.39 Å². The summed E-state index contributed by atoms with van der Waals surface area (Å²) in [7, 11) is 3.65. The quantitative estimate of drug-likeness (QED) is 0.886. The van der Waals surface area contributed by atoms with Crippen LogP contribution in [0.2, 0.25) is 0 Å². The maximum absolute atomic E-state index is 13.7. The van der Waals surface area contributed by atoms with Gasteiger partial charge < -0.3 is 15.0 Å². The van der Waals surface area contributed by atoms with Gasteiger partial charge in [0.15, 0.2) is 11.6 Å². The normalized spacial score (nSPS) is 21.6. The van der Waals surface area contributed by atoms with Crippen LogP contribution in [0, 0.1) is 5.82 Å². The number of likely N-dealkylation sites (N-methyl/N-ethyl adjacent to an activating group) is 1. The van der Waals surface area contributed by atoms with Crippen LogP contribution in [0.5, 0.6) is 5.75 Å². The smallest absolute Gasteiger partial charge is 0.165 e. The van der Waals surface area contributed by atoms with Crippen LogP contribution < -0.4 is 10.1 Å². The average Bonchev–Trinajstić information content (AvgIpc) is 2.81. The van der Waals surface area contributed by atoms with Gasteiger partial charge in [-0.25, -0.2) is 4.39 Å². The molecule has 106 valence electrons. The second-order valence-electron chi connectivity index (χ2n) is 5.30. The second-order valence-corrected chi connectivity index (χ2v) is 5.30. The number of likely N-dealkylation sites (tertiary alicyclic amines) is 1. The van der Waals surface area contributed by atoms with E-state index < -0.39 is 0 Å². The zero-order chi connectivity index (χ0) is 13.8. The molecule has 1 saturated heterocycles. The first-order chi connectivity index (χ1) is 9.11. The summed E-state index contributed by atoms with van der Waals surface area (Å²) in [4.78, 5) is 2.38. The molecule has 1 aliphatic heterocycles. The van der Waals surface area contributed by atoms with Gasteiger partial charge in [0, 0.05) is 18.6 Å². The molecule has 0 spiro atoms. The third-order valence-corrected chi connectivity index (χ3v) is 4.01. The minimum atomic E-state index is -0.299. The lowest BCUT2D eigenvalue weighted by molar-refractivity contribution is 0.293. The number of benzene rings is 1. The molecule has 0 saturated carbocycles. The van der Waals surface area contributed by atoms with Crippen molar-refractivity contribution in [2.24, 2.45) is 0 Å². The third kappa shape index (κ3) is 3.45. The Balaban J connectivity index is 1.92. The first-order valence-corrected chi connectivity index (χ1v) is 6.89. The van der Waals surface area contributed by atoms with Gasteiger partial charge in [-0.3, -0.25) is 0 Å². The number of nitrogens with zero attached hydrogens (tertiary/aromatic N) is 1. The fourth-order valence-corrected chi connectivity index (χ4v) is 2.62. The standard InChI is InChI=1S/C15H23FN2O/c1-11(17-10-13-5-4-8-18(13)2)12-6-7-15(19-3)14(16)9-12/h6-7,9,11,13,17H,4-5,8,10H2,1-3H3. The molecule has 1 N–H and O–H groups in total. The highest BCUT2D eigenvalue weighted by molar-refractivity contribution is 5.30. The highest BCUT2D eigenvalue weighted by Crippen LogP contribution is 2.22. The van der Waals surface area contributed by atoms with Crippen LogP contribution >= 0.6 is 0 Å². The van der Waals surface area contributed by atoms with Gasteiger partial charge in [0.2, 0.25) is 0 Å². The molecule has 2 rings (SSSR count). The van der Waals surface area contributed by atoms with E-state index in [2.05, 4.69) is 24.2 Å². The molecule has 0 aliphatic carbocycles. The molecule has 2 unspecified atom stereocenters. The molecule has 1 fully saturated rings. The van der Waals surface area contributed by atoms with Crippen molar-refractivity contribution in [1.29, 1.82) is 0 Å². The zero-order valence-corrected chi connectivity index (χ0v) is 11.9. The number of rotatable bonds is 5. The van der Waals surface area contributed by atoms with E-state index in [1.165, 1.54) is 26.5 Å². The van der Waals surface area contributed by atoms with E-state index in [1.54, 1.807) is 12.1 Å². The Kier molecular flexibility index (Phi) is 4.77. The van der Waals surface area contributed by atoms with Crippen molar-refractivity contribution in [3.05, 3.63) is 29.6 Å². The first-order valence-electron chi connectivity index (χ1n) is 6.89. The molecule has 19 heavy (non-hydrogen) atoms. The van der Waals surface area contributed by atoms with E-state index in [0.29, 0.717) is 11.8 Å². The van der Waals surface area contributed by atoms with Crippen molar-refractivity contribution in [2.75, 3.05) is 27.2 Å². The van der Waals surface area contributed by atoms with Gasteiger partial charge >= 0.3 is 0 Å². The topological polar surface area (TPSA) is 24.5 Å². The van der Waals surface area contributed by atoms with E-state index in [1.807, 2.05) is 6.07 Å². The molecule has 4 heteroatoms. The van der Waals surface area contributed by atoms with Gasteiger partial charge in [-0.1, -0.05) is 6.07 Å². The fourth-order valence-electron chi connectivity index (χ4n) is 2.62. The Morgan fingerprint density at radius 2 is 2.32 bits per heavy atom. The number of halogens is 1. The van der Waals surface area contributed by atoms with Crippen molar-refractivity contribution in [2.45, 2.75) is 31.8 Å². The Labute approximate surface area is 114 Å². The maximum atomic E-state index is 13.7. The van der Waals surface area contributed by atoms with Crippen molar-refractivity contribution in [1.82, 2.24) is 10.2 Å². The van der Waals surface area contributed by atoms with E-state index in [4.69, 9.17) is 4.74 Å². The van der Waals surface area contributed by atoms with Gasteiger partial charge in [-0.2, -0.15) is 0 Å². The highest BCUT2D eigenvalue weighted by Gasteiger charge is 2.21. The van der Waals surface area contributed by atoms with Crippen molar-refractivity contribution in [3.63, 3.8) is 0 Å². The van der Waals surface area contributed by atoms with Crippen LogP contribution in [0.3, 0.4) is 0 Å². The Morgan fingerprint density at radius 1 is 1.53 bits per heavy atom. The summed E-state index contributed by atoms with van der Waals surface area (Å²) in [6.07, 6.45) is 2.52. The monoisotopic (exact) mass is 266 g/mol. The minimum absolute atomic E-state index is 0.148. The van der Waals surface area contributed by atoms with Crippen LogP contribution in [-0.4, -0.2) is 38.2 Å². The summed E-state index contributed by atoms with van der Waals surface area (Å²) >= 11 is 0. The second kappa shape index (κ2) is 6.35. The number of hydrogen-bond donors (Lipinski definition) is 1. The number of hydrogen-bond acceptors (Lipinski definition) is 3. The molecule has 0 radical (unpaired) electrons. The summed E-state index contributed by atoms with van der Waals surface area (Å²) < 4.78 is 18.6. The van der Waals surface area contributed by atoms with Crippen LogP contribution in [0.4, 0.5) is 4.39 Å². The molecule has 1 heterocycles. The largest absolute Gasteiger partial charge is 0.494 e. The van der Waals surface area contributed by atoms with Crippen LogP contribution in [-0.2, 0) is 0 Å². The molecule has 0 aromatic heterocycles. The Morgan fingerprint density at radius 3 is 2.89 bits per heavy atom. The van der Waals surface area contributed by atoms with Crippen molar-refractivity contribution < 1.29 is 9.13 Å². The van der Waals surface area contributed by atoms with Gasteiger partial charge in [-0.15, -0.1) is 0 Å². The number of nitrogens with one attached hydrogen (secondary N) is 1. The molecule has 0 bridgehead atoms. The van der Waals surface area contributed by atoms with Crippen LogP contribution in [0.15, 0.2) is 18.2 Å². The number of methoxy groups -OCH3 is 1. The van der Waals surface area contributed by atoms with Crippen LogP contribution in [0.25, 0.3) is 0 Å². The third-order valence-electron chi connectivity index (χ3n) is 4.01. The van der Waals surface area contributed by atoms with Crippen molar-refractivity contribution in [3.8, 4) is 5.75 Å². The Hall–Kier alpha value is -1.13. The summed E-state index contributed by atoms with van der Waals surface area (Å²) in [6, 6.07) is 5.90. The highest BCUT2D eigenvalue weighted by atomic mass is 19.1. The SMILES string of the molecule is COc1ccc(C(C)NCC2CCCN2C)cc1F. The van der Waals surface area contributed by atoms with E-state index >= 15 is 0 Å². The van der Waals surface area contributed by atoms with Crippen molar-refractivity contribution >= 4 is 0 Å². The molecule has 3 nitrogen and oxygen atoms in total. The maximum Gasteiger partial charge on any atom is 0.165 e. The lowest BCUT2D eigenvalue weighted by Gasteiger charge is -2.23. The van der Waals surface area contributed by atoms with Gasteiger partial charge in [-0.05, 0) is 51.1 Å². The van der Waals surface area contributed by atoms with Crippen LogP contribution in [0.1, 0.15) is 31.4 Å². The molecular weight excluding hydrogens is 243 g/mol. The summed E-state index contributed by atoms with van der Waals surface area (Å²) in [6.45, 7) is 4.19. The molecule has 2 atom stereocenters. The van der Waals surface area contributed by atoms with Gasteiger partial charge in [0.05, 0.1) is 7.11 Å². The van der Waals surface area contributed by atoms with E-state index in [0.717, 1.165) is 12.1 Å². The fraction of sp³-hybridized carbons (Fsp3) is 0.600. The number of ether oxygens (including phenoxy) is 1. The molecule has 0 amide bonds. The lowest BCUT2D eigenvalue weighted by Crippen LogP contribution is -2.36. The van der Waals surface area contributed by atoms with Gasteiger partial charge in [0.1, 0.15) is 0 Å². The lowest BCUT2D eigenvalue weighted by atomic mass is 10.1. The average molecular weight is 266 g/mol. The van der Waals surface area contributed by atoms with E-state index in [-0.39, 0.29) is 11.9 Å². The zero-order valence-electron chi connectivity index (χ0n) is 11.9. The summed E-state index contributed by atoms with van der Waals surface area (Å²) in [5.41, 5.74) is 0.957. The molecule has 1 aliphatic rings. The Bertz CT molecular complexity index is 425. The predicted octanol–water partition coefficient (Wildman–Crippen LogP) is 2.58. The van der Waals surface area contributed by atoms with Gasteiger partial charge in [0.25, 0.3) is 0 Å². The minimum Gasteiger partial charge on any atom is -0.494 e. The summed E-state index contributed by atoms with van der Waals surface area (Å²) in [5, 5.41) is 3.49. The summed E-state index contributed by atoms with van der Waals surface area (Å²) in [5.74, 6) is -0.00175. The molecular formula is C15H23FN2O. The molecule has 1 aromatic rings. The molecule has 1 aromatic carbocycles. The predicted molar refractivity (Wildman–Crippen MR) is 75.0 cm³/mol. The first kappa shape index (κ1) is 14.3.